The quantitative estimate of drug-likeness (QED) is 0.0661. The molecule has 0 heterocycles. The van der Waals surface area contributed by atoms with Crippen LogP contribution in [0.2, 0.25) is 0 Å². The maximum absolute atomic E-state index is 12.7. The number of carbonyl (C=O) groups excluding carboxylic acids is 4. The van der Waals surface area contributed by atoms with Crippen LogP contribution < -0.4 is 24.8 Å². The van der Waals surface area contributed by atoms with Crippen molar-refractivity contribution in [3.8, 4) is 34.5 Å². The van der Waals surface area contributed by atoms with Gasteiger partial charge in [0.25, 0.3) is 0 Å². The lowest BCUT2D eigenvalue weighted by atomic mass is 9.91. The molecule has 13 nitrogen and oxygen atoms in total. The van der Waals surface area contributed by atoms with Gasteiger partial charge < -0.3 is 39.4 Å². The highest BCUT2D eigenvalue weighted by Crippen LogP contribution is 2.31. The van der Waals surface area contributed by atoms with Crippen LogP contribution in [0.3, 0.4) is 0 Å². The number of anilines is 2. The first-order valence-corrected chi connectivity index (χ1v) is 25.4. The lowest BCUT2D eigenvalue weighted by Crippen LogP contribution is -2.39. The van der Waals surface area contributed by atoms with Crippen molar-refractivity contribution in [3.63, 3.8) is 0 Å². The fourth-order valence-electron chi connectivity index (χ4n) is 8.91. The molecule has 3 N–H and O–H groups in total. The van der Waals surface area contributed by atoms with Gasteiger partial charge in [0.2, 0.25) is 11.8 Å². The Morgan fingerprint density at radius 3 is 1.22 bits per heavy atom. The van der Waals surface area contributed by atoms with Crippen LogP contribution in [0.5, 0.6) is 34.5 Å². The van der Waals surface area contributed by atoms with E-state index in [4.69, 9.17) is 23.7 Å². The van der Waals surface area contributed by atoms with E-state index < -0.39 is 11.9 Å². The van der Waals surface area contributed by atoms with E-state index in [0.29, 0.717) is 51.5 Å². The van der Waals surface area contributed by atoms with E-state index in [9.17, 15) is 24.3 Å². The Bertz CT molecular complexity index is 3120. The van der Waals surface area contributed by atoms with Gasteiger partial charge in [0.05, 0.1) is 55.7 Å². The molecule has 13 heteroatoms. The Kier molecular flexibility index (Phi) is 19.2. The minimum absolute atomic E-state index is 0.148. The molecule has 2 amide bonds. The van der Waals surface area contributed by atoms with Crippen LogP contribution in [0.25, 0.3) is 0 Å². The van der Waals surface area contributed by atoms with Gasteiger partial charge in [-0.25, -0.2) is 9.59 Å². The summed E-state index contributed by atoms with van der Waals surface area (Å²) in [6.45, 7) is 1.89. The van der Waals surface area contributed by atoms with E-state index in [-0.39, 0.29) is 36.5 Å². The third kappa shape index (κ3) is 16.4. The van der Waals surface area contributed by atoms with E-state index in [1.165, 1.54) is 25.3 Å². The molecule has 0 aliphatic heterocycles. The summed E-state index contributed by atoms with van der Waals surface area (Å²) in [4.78, 5) is 51.4. The third-order valence-electron chi connectivity index (χ3n) is 12.8. The molecule has 0 unspecified atom stereocenters. The second-order valence-electron chi connectivity index (χ2n) is 18.4. The maximum Gasteiger partial charge on any atom is 0.339 e. The van der Waals surface area contributed by atoms with Crippen LogP contribution >= 0.6 is 0 Å². The summed E-state index contributed by atoms with van der Waals surface area (Å²) >= 11 is 0. The number of aromatic hydroxyl groups is 1. The average Bonchev–Trinajstić information content (AvgIpc) is 3.46. The number of hydrogen-bond acceptors (Lipinski definition) is 11. The molecule has 0 saturated heterocycles. The zero-order valence-electron chi connectivity index (χ0n) is 43.0. The molecular weight excluding hydrogens is 971 g/mol. The molecule has 0 bridgehead atoms. The first-order chi connectivity index (χ1) is 37.6. The lowest BCUT2D eigenvalue weighted by Gasteiger charge is -2.37. The third-order valence-corrected chi connectivity index (χ3v) is 12.8. The zero-order valence-corrected chi connectivity index (χ0v) is 43.0. The summed E-state index contributed by atoms with van der Waals surface area (Å²) in [6, 6.07) is 64.1. The predicted molar refractivity (Wildman–Crippen MR) is 297 cm³/mol. The summed E-state index contributed by atoms with van der Waals surface area (Å²) in [5.74, 6) is 2.12. The molecule has 0 radical (unpaired) electrons. The van der Waals surface area contributed by atoms with Gasteiger partial charge in [-0.15, -0.1) is 0 Å². The average molecular weight is 1030 g/mol. The van der Waals surface area contributed by atoms with Crippen LogP contribution in [0, 0.1) is 0 Å². The molecule has 9 rings (SSSR count). The van der Waals surface area contributed by atoms with E-state index in [1.54, 1.807) is 97.1 Å². The van der Waals surface area contributed by atoms with Gasteiger partial charge in [-0.1, -0.05) is 109 Å². The van der Waals surface area contributed by atoms with Crippen LogP contribution in [0.4, 0.5) is 11.4 Å². The minimum atomic E-state index is -0.508. The van der Waals surface area contributed by atoms with Crippen molar-refractivity contribution < 1.29 is 48.0 Å². The Morgan fingerprint density at radius 1 is 0.442 bits per heavy atom. The van der Waals surface area contributed by atoms with Crippen molar-refractivity contribution >= 4 is 35.1 Å². The van der Waals surface area contributed by atoms with Crippen LogP contribution in [-0.4, -0.2) is 60.1 Å². The number of hydrogen-bond donors (Lipinski definition) is 3. The number of benzene rings is 8. The molecule has 77 heavy (non-hydrogen) atoms. The number of ether oxygens (including phenoxy) is 5. The summed E-state index contributed by atoms with van der Waals surface area (Å²) in [5.41, 5.74) is 5.75. The van der Waals surface area contributed by atoms with E-state index >= 15 is 0 Å². The van der Waals surface area contributed by atoms with Crippen molar-refractivity contribution in [3.05, 3.63) is 240 Å². The maximum atomic E-state index is 12.7. The number of esters is 2. The highest BCUT2D eigenvalue weighted by Gasteiger charge is 2.27. The number of amides is 2. The molecule has 0 spiro atoms. The zero-order chi connectivity index (χ0) is 53.8. The number of phenols is 1. The fraction of sp³-hybridized carbons (Fsp3) is 0.188. The Morgan fingerprint density at radius 2 is 0.805 bits per heavy atom. The molecule has 0 aromatic heterocycles. The Balaban J connectivity index is 0.000000237. The number of methoxy groups -OCH3 is 2. The fourth-order valence-corrected chi connectivity index (χ4v) is 8.91. The number of phenolic OH excluding ortho intramolecular Hbond substituents is 1. The molecule has 1 saturated carbocycles. The van der Waals surface area contributed by atoms with Crippen LogP contribution in [-0.2, 0) is 45.0 Å². The standard InChI is InChI=1S/C42H42N2O5.C22H19NO5/c1-47-42(46)39-14-8-9-15-40(39)43-41(45)28-31-16-20-35(21-17-31)48-37-24-26-38(27-25-37)49-36-22-18-34(19-23-36)44(29-32-10-4-2-5-11-32)30-33-12-6-3-7-13-33;1-27-22(26)19-4-2-3-5-20(19)23-21(25)14-15-6-10-17(11-7-15)28-18-12-8-16(24)9-13-18/h2-17,20-21,24-27,34,36H,18-19,22-23,28-30H2,1H3,(H,43,45);2-13,24H,14H2,1H3,(H,23,25). The smallest absolute Gasteiger partial charge is 0.339 e. The van der Waals surface area contributed by atoms with Crippen LogP contribution in [0.15, 0.2) is 206 Å². The minimum Gasteiger partial charge on any atom is -0.508 e. The predicted octanol–water partition coefficient (Wildman–Crippen LogP) is 13.0. The molecule has 1 aliphatic carbocycles. The first-order valence-electron chi connectivity index (χ1n) is 25.4. The van der Waals surface area contributed by atoms with Gasteiger partial charge in [0.1, 0.15) is 34.5 Å². The number of nitrogens with one attached hydrogen (secondary N) is 2. The van der Waals surface area contributed by atoms with Gasteiger partial charge in [-0.05, 0) is 145 Å². The summed E-state index contributed by atoms with van der Waals surface area (Å²) in [6.07, 6.45) is 4.73. The van der Waals surface area contributed by atoms with Gasteiger partial charge in [0.15, 0.2) is 0 Å². The molecule has 1 aliphatic rings. The highest BCUT2D eigenvalue weighted by molar-refractivity contribution is 6.02. The summed E-state index contributed by atoms with van der Waals surface area (Å²) in [7, 11) is 2.61. The monoisotopic (exact) mass is 1030 g/mol. The van der Waals surface area contributed by atoms with Gasteiger partial charge in [-0.3, -0.25) is 14.5 Å². The summed E-state index contributed by atoms with van der Waals surface area (Å²) in [5, 5.41) is 14.8. The van der Waals surface area contributed by atoms with Crippen LogP contribution in [0.1, 0.15) is 68.7 Å². The summed E-state index contributed by atoms with van der Waals surface area (Å²) < 4.78 is 27.7. The van der Waals surface area contributed by atoms with Crippen molar-refractivity contribution in [1.29, 1.82) is 0 Å². The van der Waals surface area contributed by atoms with E-state index in [0.717, 1.165) is 55.6 Å². The second-order valence-corrected chi connectivity index (χ2v) is 18.4. The van der Waals surface area contributed by atoms with Crippen molar-refractivity contribution in [2.75, 3.05) is 24.9 Å². The SMILES string of the molecule is COC(=O)c1ccccc1NC(=O)Cc1ccc(Oc2ccc(O)cc2)cc1.COC(=O)c1ccccc1NC(=O)Cc1ccc(Oc2ccc(OC3CCC(N(Cc4ccccc4)Cc4ccccc4)CC3)cc2)cc1. The normalized spacial score (nSPS) is 13.7. The van der Waals surface area contributed by atoms with Crippen molar-refractivity contribution in [2.24, 2.45) is 0 Å². The molecule has 392 valence electrons. The topological polar surface area (TPSA) is 162 Å². The van der Waals surface area contributed by atoms with Crippen molar-refractivity contribution in [1.82, 2.24) is 4.90 Å². The molecule has 0 atom stereocenters. The van der Waals surface area contributed by atoms with E-state index in [1.807, 2.05) is 48.5 Å². The second kappa shape index (κ2) is 27.4. The Labute approximate surface area is 449 Å². The van der Waals surface area contributed by atoms with Crippen molar-refractivity contribution in [2.45, 2.75) is 63.8 Å². The largest absolute Gasteiger partial charge is 0.508 e. The number of rotatable bonds is 19. The molecule has 8 aromatic carbocycles. The molecule has 1 fully saturated rings. The number of para-hydroxylation sites is 2. The number of carbonyl (C=O) groups is 4. The number of nitrogens with zero attached hydrogens (tertiary/aromatic N) is 1. The highest BCUT2D eigenvalue weighted by atomic mass is 16.5. The molecular formula is C64H61N3O10. The lowest BCUT2D eigenvalue weighted by molar-refractivity contribution is -0.116. The van der Waals surface area contributed by atoms with Gasteiger partial charge in [-0.2, -0.15) is 0 Å². The van der Waals surface area contributed by atoms with E-state index in [2.05, 4.69) is 76.2 Å². The Hall–Kier alpha value is -9.20. The first kappa shape index (κ1) is 54.1. The van der Waals surface area contributed by atoms with Gasteiger partial charge >= 0.3 is 11.9 Å². The van der Waals surface area contributed by atoms with Gasteiger partial charge in [0, 0.05) is 19.1 Å². The molecule has 8 aromatic rings.